The molecule has 2 bridgehead atoms. The van der Waals surface area contributed by atoms with Crippen LogP contribution >= 0.6 is 0 Å². The molecule has 0 spiro atoms. The van der Waals surface area contributed by atoms with E-state index in [1.54, 1.807) is 14.7 Å². The molecule has 0 aliphatic carbocycles. The Morgan fingerprint density at radius 1 is 0.177 bits per heavy atom. The highest BCUT2D eigenvalue weighted by Crippen LogP contribution is 2.07. The highest BCUT2D eigenvalue weighted by molar-refractivity contribution is 5.71. The topological polar surface area (TPSA) is 626 Å². The highest BCUT2D eigenvalue weighted by atomic mass is 16.4. The molecule has 2 atom stereocenters. The average molecular weight is 1870 g/mol. The fraction of sp³-hybridized carbons (Fsp3) is 0.838. The van der Waals surface area contributed by atoms with Gasteiger partial charge < -0.3 is 113 Å². The second-order valence-electron chi connectivity index (χ2n) is 31.1. The summed E-state index contributed by atoms with van der Waals surface area (Å²) in [6, 6.07) is 0. The van der Waals surface area contributed by atoms with Crippen molar-refractivity contribution in [1.29, 1.82) is 0 Å². The Morgan fingerprint density at radius 3 is 0.515 bits per heavy atom. The summed E-state index contributed by atoms with van der Waals surface area (Å²) < 4.78 is 0. The lowest BCUT2D eigenvalue weighted by molar-refractivity contribution is -0.193. The number of nitrogens with one attached hydrogen (secondary N) is 9. The van der Waals surface area contributed by atoms with E-state index in [0.717, 1.165) is 235 Å². The monoisotopic (exact) mass is 1870 g/mol. The van der Waals surface area contributed by atoms with E-state index in [1.807, 2.05) is 33.7 Å². The molecule has 50 heteroatoms. The van der Waals surface area contributed by atoms with E-state index in [1.165, 1.54) is 12.8 Å². The van der Waals surface area contributed by atoms with Crippen molar-refractivity contribution in [3.05, 3.63) is 0 Å². The Morgan fingerprint density at radius 2 is 0.308 bits per heavy atom. The summed E-state index contributed by atoms with van der Waals surface area (Å²) in [6.45, 7) is 43.9. The zero-order valence-corrected chi connectivity index (χ0v) is 77.5. The normalized spacial score (nSPS) is 21.2. The van der Waals surface area contributed by atoms with Crippen LogP contribution in [0.2, 0.25) is 0 Å². The van der Waals surface area contributed by atoms with Crippen LogP contribution in [0, 0.1) is 0 Å². The van der Waals surface area contributed by atoms with Gasteiger partial charge in [0.1, 0.15) is 0 Å². The number of carbonyl (C=O) groups excluding carboxylic acids is 10. The predicted octanol–water partition coefficient (Wildman–Crippen LogP) is -10.7. The van der Waals surface area contributed by atoms with Crippen LogP contribution in [0.4, 0.5) is 0 Å². The van der Waals surface area contributed by atoms with Crippen LogP contribution in [0.5, 0.6) is 0 Å². The molecule has 7 saturated heterocycles. The lowest BCUT2D eigenvalue weighted by Crippen LogP contribution is -2.47. The van der Waals surface area contributed by atoms with Gasteiger partial charge in [0, 0.05) is 288 Å². The molecule has 7 rings (SSSR count). The smallest absolute Gasteiger partial charge is 0.373 e. The van der Waals surface area contributed by atoms with Crippen molar-refractivity contribution in [2.24, 2.45) is 0 Å². The Kier molecular flexibility index (Phi) is 91.1. The molecule has 0 radical (unpaired) electrons. The molecular formula is C80H156N24O26. The highest BCUT2D eigenvalue weighted by Gasteiger charge is 2.24. The third-order valence-electron chi connectivity index (χ3n) is 20.4. The maximum Gasteiger partial charge on any atom is 0.373 e. The molecule has 17 N–H and O–H groups in total. The number of fused-ring (bicyclic) bond motifs is 3. The summed E-state index contributed by atoms with van der Waals surface area (Å²) in [5.41, 5.74) is 0. The molecule has 0 saturated carbocycles. The lowest BCUT2D eigenvalue weighted by Gasteiger charge is -2.31. The first-order chi connectivity index (χ1) is 62.3. The van der Waals surface area contributed by atoms with Gasteiger partial charge in [-0.25, -0.2) is 0 Å². The first-order valence-corrected chi connectivity index (χ1v) is 44.0. The van der Waals surface area contributed by atoms with Gasteiger partial charge >= 0.3 is 78.5 Å². The summed E-state index contributed by atoms with van der Waals surface area (Å²) in [6.07, 6.45) is 5.51. The van der Waals surface area contributed by atoms with E-state index in [-0.39, 0.29) is 83.1 Å². The van der Waals surface area contributed by atoms with Gasteiger partial charge in [-0.2, -0.15) is 47.9 Å². The van der Waals surface area contributed by atoms with Gasteiger partial charge in [-0.05, 0) is 100 Å². The molecular weight excluding hydrogens is 1710 g/mol. The van der Waals surface area contributed by atoms with Gasteiger partial charge in [-0.1, -0.05) is 0 Å². The van der Waals surface area contributed by atoms with Gasteiger partial charge in [-0.15, -0.1) is 0 Å². The Hall–Kier alpha value is -8.30. The molecule has 0 aromatic carbocycles. The van der Waals surface area contributed by atoms with E-state index < -0.39 is 47.8 Å². The molecule has 2 unspecified atom stereocenters. The van der Waals surface area contributed by atoms with Gasteiger partial charge in [0.15, 0.2) is 0 Å². The molecule has 0 aromatic rings. The number of hydrogen-bond donors (Lipinski definition) is 17. The molecule has 0 amide bonds. The van der Waals surface area contributed by atoms with Gasteiger partial charge in [0.2, 0.25) is 0 Å². The predicted molar refractivity (Wildman–Crippen MR) is 472 cm³/mol. The summed E-state index contributed by atoms with van der Waals surface area (Å²) in [7, 11) is 10.4. The number of nitrogens with zero attached hydrogens (tertiary/aromatic N) is 15. The number of carbonyl (C=O) groups is 8. The fourth-order valence-electron chi connectivity index (χ4n) is 13.3. The summed E-state index contributed by atoms with van der Waals surface area (Å²) >= 11 is 0. The zero-order chi connectivity index (χ0) is 98.0. The molecule has 130 heavy (non-hydrogen) atoms. The minimum atomic E-state index is -0.960. The average Bonchev–Trinajstić information content (AvgIpc) is 1.42. The first-order valence-electron chi connectivity index (χ1n) is 44.0. The van der Waals surface area contributed by atoms with Crippen LogP contribution in [-0.4, -0.2) is 608 Å². The third-order valence-corrected chi connectivity index (χ3v) is 20.4. The van der Waals surface area contributed by atoms with Crippen LogP contribution in [0.1, 0.15) is 25.7 Å². The molecule has 7 aliphatic rings. The van der Waals surface area contributed by atoms with Crippen molar-refractivity contribution in [3.63, 3.8) is 0 Å². The first kappa shape index (κ1) is 128. The summed E-state index contributed by atoms with van der Waals surface area (Å²) in [4.78, 5) is 200. The van der Waals surface area contributed by atoms with Crippen LogP contribution in [0.25, 0.3) is 0 Å². The summed E-state index contributed by atoms with van der Waals surface area (Å²) in [5.74, 6) is -6.88. The molecule has 0 aromatic heterocycles. The van der Waals surface area contributed by atoms with E-state index in [2.05, 4.69) is 108 Å². The van der Waals surface area contributed by atoms with Gasteiger partial charge in [-0.3, -0.25) is 87.4 Å². The van der Waals surface area contributed by atoms with E-state index in [0.29, 0.717) is 105 Å². The molecule has 7 heterocycles. The minimum absolute atomic E-state index is 0.00530. The second-order valence-corrected chi connectivity index (χ2v) is 31.1. The maximum absolute atomic E-state index is 11.0. The summed E-state index contributed by atoms with van der Waals surface area (Å²) in [5, 5.41) is 102. The van der Waals surface area contributed by atoms with E-state index in [9.17, 15) is 38.4 Å². The third kappa shape index (κ3) is 93.0. The van der Waals surface area contributed by atoms with E-state index in [4.69, 9.17) is 88.8 Å². The van der Waals surface area contributed by atoms with Gasteiger partial charge in [0.05, 0.1) is 52.4 Å². The number of carboxylic acids is 8. The van der Waals surface area contributed by atoms with Crippen LogP contribution in [0.15, 0.2) is 0 Å². The van der Waals surface area contributed by atoms with Crippen molar-refractivity contribution in [3.8, 4) is 0 Å². The maximum atomic E-state index is 11.0. The number of aliphatic carboxylic acids is 8. The zero-order valence-electron chi connectivity index (χ0n) is 77.5. The quantitative estimate of drug-likeness (QED) is 0.0682. The second kappa shape index (κ2) is 92.5. The Balaban J connectivity index is -0.000000717. The molecule has 7 aliphatic heterocycles. The minimum Gasteiger partial charge on any atom is -0.480 e. The molecule has 752 valence electrons. The Labute approximate surface area is 764 Å². The van der Waals surface area contributed by atoms with Crippen LogP contribution in [0.3, 0.4) is 0 Å². The van der Waals surface area contributed by atoms with Crippen molar-refractivity contribution < 1.29 is 127 Å². The lowest BCUT2D eigenvalue weighted by atomic mass is 10.3. The van der Waals surface area contributed by atoms with Crippen LogP contribution < -0.4 is 47.9 Å². The molecule has 50 nitrogen and oxygen atoms in total. The number of likely N-dealkylation sites (N-methyl/N-ethyl adjacent to an activating group) is 5. The number of carboxylic acid groups (broad SMARTS) is 8. The number of rotatable bonds is 16. The Bertz CT molecular complexity index is 2760. The van der Waals surface area contributed by atoms with Crippen molar-refractivity contribution in [1.82, 2.24) is 121 Å². The van der Waals surface area contributed by atoms with E-state index >= 15 is 0 Å². The fourth-order valence-corrected chi connectivity index (χ4v) is 13.3. The van der Waals surface area contributed by atoms with Crippen molar-refractivity contribution >= 4 is 78.5 Å². The molecule has 7 fully saturated rings. The van der Waals surface area contributed by atoms with Crippen molar-refractivity contribution in [2.45, 2.75) is 25.7 Å². The van der Waals surface area contributed by atoms with Crippen molar-refractivity contribution in [2.75, 3.05) is 415 Å². The van der Waals surface area contributed by atoms with Gasteiger partial charge in [0.25, 0.3) is 0 Å². The SMILES string of the molecule is C1CNCCNCCCNCCNC1.C1CNCCNCCNCCN1.CN1CCCN(CC(=O)O)CCN(CC(=O)O)CCCN(C)CC1.CN1CCN(C)CCN(CC(=O)O)CCN(CC(=O)O)CC1.CN1CCN2CCN(CC1)CCN(CC(=O)O)CC2.O=C(O)CN1CCNCCN(CC(=O)O)CCN(CC(=O)O)CC1.O=C=O.O=C=O.O=C=O.O=C=O.O=C=O. The standard InChI is InChI=1S/C16H32N4O4.C14H26N4O6.C14H28N4O4.C13H26N4O2.C10H24N4.C8H20N4.5CO2/c1-17-5-3-7-19(13-15(21)22)11-12-20(14-16(23)24)8-4-6-18(2)10-9-17;19-12(20)9-16-3-1-15-2-4-17(10-13(21)22)6-8-18(7-5-16)11-14(23)24;1-15-3-4-16(2)6-8-18(12-14(21)22)10-9-17(7-5-15)11-13(19)20;1-14-2-4-15-6-7-16(5-3-14)9-11-17(10-8-15)12-13(18)19;1-3-11-7-9-13-5-2-6-14-10-8-12-4-1;1-2-10-5-6-12-8-7-11-4-3-9-1;5*2-1-3/h3-14H2,1-2H3,(H,21,22)(H,23,24);15H,1-11H2,(H,19,20)(H,21,22)(H,23,24);3-12H2,1-2H3,(H,19,20)(H,21,22);2-12H2,1H3,(H,18,19);11-14H,1-10H2;9-12H,1-8H2;;;;;. The number of hydrogen-bond acceptors (Lipinski definition) is 42. The largest absolute Gasteiger partial charge is 0.480 e. The van der Waals surface area contributed by atoms with Crippen LogP contribution in [-0.2, 0) is 86.3 Å².